The van der Waals surface area contributed by atoms with Gasteiger partial charge >= 0.3 is 0 Å². The van der Waals surface area contributed by atoms with E-state index in [1.807, 2.05) is 0 Å². The minimum atomic E-state index is -0.287. The van der Waals surface area contributed by atoms with Gasteiger partial charge in [-0.15, -0.1) is 0 Å². The molecule has 1 aromatic carbocycles. The van der Waals surface area contributed by atoms with Crippen LogP contribution in [0.1, 0.15) is 6.92 Å². The molecule has 0 atom stereocenters. The predicted molar refractivity (Wildman–Crippen MR) is 64.6 cm³/mol. The van der Waals surface area contributed by atoms with Crippen LogP contribution in [0.3, 0.4) is 0 Å². The summed E-state index contributed by atoms with van der Waals surface area (Å²) in [7, 11) is 0. The zero-order valence-electron chi connectivity index (χ0n) is 9.23. The van der Waals surface area contributed by atoms with E-state index in [4.69, 9.17) is 0 Å². The number of aromatic nitrogens is 2. The number of H-pyrrole nitrogens is 1. The Labute approximate surface area is 97.5 Å². The molecule has 2 aromatic rings. The van der Waals surface area contributed by atoms with Gasteiger partial charge in [-0.1, -0.05) is 18.2 Å². The van der Waals surface area contributed by atoms with Gasteiger partial charge in [0.25, 0.3) is 5.56 Å². The molecule has 86 valence electrons. The van der Waals surface area contributed by atoms with Crippen molar-refractivity contribution >= 4 is 11.6 Å². The topological polar surface area (TPSA) is 74.8 Å². The zero-order valence-corrected chi connectivity index (χ0v) is 9.23. The molecule has 5 heteroatoms. The van der Waals surface area contributed by atoms with Crippen LogP contribution in [0.2, 0.25) is 0 Å². The third kappa shape index (κ3) is 2.39. The van der Waals surface area contributed by atoms with E-state index in [1.54, 1.807) is 30.3 Å². The van der Waals surface area contributed by atoms with Gasteiger partial charge in [-0.3, -0.25) is 9.59 Å². The summed E-state index contributed by atoms with van der Waals surface area (Å²) in [6.07, 6.45) is 1.50. The first-order valence-electron chi connectivity index (χ1n) is 5.09. The second-order valence-electron chi connectivity index (χ2n) is 3.53. The number of benzene rings is 1. The number of para-hydroxylation sites is 1. The lowest BCUT2D eigenvalue weighted by Gasteiger charge is -2.08. The monoisotopic (exact) mass is 229 g/mol. The molecule has 0 spiro atoms. The molecule has 0 bridgehead atoms. The van der Waals surface area contributed by atoms with E-state index in [2.05, 4.69) is 15.5 Å². The van der Waals surface area contributed by atoms with Crippen molar-refractivity contribution in [3.63, 3.8) is 0 Å². The first-order valence-corrected chi connectivity index (χ1v) is 5.09. The predicted octanol–water partition coefficient (Wildman–Crippen LogP) is 1.40. The van der Waals surface area contributed by atoms with Crippen LogP contribution in [-0.2, 0) is 4.79 Å². The number of carbonyl (C=O) groups is 1. The van der Waals surface area contributed by atoms with Gasteiger partial charge in [-0.25, -0.2) is 5.10 Å². The zero-order chi connectivity index (χ0) is 12.3. The Hall–Kier alpha value is -2.43. The van der Waals surface area contributed by atoms with Crippen LogP contribution in [0.4, 0.5) is 5.69 Å². The molecular weight excluding hydrogens is 218 g/mol. The molecule has 0 aliphatic rings. The lowest BCUT2D eigenvalue weighted by molar-refractivity contribution is -0.114. The highest BCUT2D eigenvalue weighted by atomic mass is 16.1. The quantitative estimate of drug-likeness (QED) is 0.817. The Bertz CT molecular complexity index is 604. The lowest BCUT2D eigenvalue weighted by atomic mass is 10.1. The molecule has 0 saturated heterocycles. The van der Waals surface area contributed by atoms with Crippen LogP contribution in [0.5, 0.6) is 0 Å². The van der Waals surface area contributed by atoms with Gasteiger partial charge in [-0.2, -0.15) is 5.10 Å². The van der Waals surface area contributed by atoms with Gasteiger partial charge < -0.3 is 5.32 Å². The fraction of sp³-hybridized carbons (Fsp3) is 0.0833. The van der Waals surface area contributed by atoms with Gasteiger partial charge in [0.2, 0.25) is 5.91 Å². The van der Waals surface area contributed by atoms with E-state index in [9.17, 15) is 9.59 Å². The number of nitrogens with zero attached hydrogens (tertiary/aromatic N) is 1. The largest absolute Gasteiger partial charge is 0.326 e. The minimum Gasteiger partial charge on any atom is -0.326 e. The molecule has 0 saturated carbocycles. The van der Waals surface area contributed by atoms with E-state index in [0.29, 0.717) is 16.8 Å². The average molecular weight is 229 g/mol. The maximum absolute atomic E-state index is 11.6. The molecule has 1 heterocycles. The van der Waals surface area contributed by atoms with Crippen molar-refractivity contribution in [2.45, 2.75) is 6.92 Å². The Morgan fingerprint density at radius 2 is 2.00 bits per heavy atom. The van der Waals surface area contributed by atoms with Crippen molar-refractivity contribution < 1.29 is 4.79 Å². The molecule has 5 nitrogen and oxygen atoms in total. The number of carbonyl (C=O) groups excluding carboxylic acids is 1. The molecule has 0 unspecified atom stereocenters. The maximum atomic E-state index is 11.6. The SMILES string of the molecule is CC(=O)Nc1ccccc1-c1ccn[nH]c1=O. The Morgan fingerprint density at radius 3 is 2.71 bits per heavy atom. The second kappa shape index (κ2) is 4.61. The Morgan fingerprint density at radius 1 is 1.24 bits per heavy atom. The summed E-state index contributed by atoms with van der Waals surface area (Å²) in [6, 6.07) is 8.73. The van der Waals surface area contributed by atoms with Gasteiger partial charge in [0.1, 0.15) is 0 Å². The van der Waals surface area contributed by atoms with Crippen molar-refractivity contribution in [1.82, 2.24) is 10.2 Å². The van der Waals surface area contributed by atoms with Crippen LogP contribution in [0.15, 0.2) is 41.3 Å². The standard InChI is InChI=1S/C12H11N3O2/c1-8(16)14-11-5-3-2-4-9(11)10-6-7-13-15-12(10)17/h2-7H,1H3,(H,14,16)(H,15,17). The van der Waals surface area contributed by atoms with Crippen molar-refractivity contribution in [3.8, 4) is 11.1 Å². The number of aromatic amines is 1. The first-order chi connectivity index (χ1) is 8.18. The lowest BCUT2D eigenvalue weighted by Crippen LogP contribution is -2.12. The minimum absolute atomic E-state index is 0.178. The van der Waals surface area contributed by atoms with Crippen LogP contribution in [-0.4, -0.2) is 16.1 Å². The molecule has 0 aliphatic heterocycles. The highest BCUT2D eigenvalue weighted by Crippen LogP contribution is 2.24. The van der Waals surface area contributed by atoms with Crippen molar-refractivity contribution in [2.24, 2.45) is 0 Å². The van der Waals surface area contributed by atoms with Crippen LogP contribution in [0.25, 0.3) is 11.1 Å². The normalized spacial score (nSPS) is 9.94. The number of anilines is 1. The maximum Gasteiger partial charge on any atom is 0.272 e. The Kier molecular flexibility index (Phi) is 3.00. The summed E-state index contributed by atoms with van der Waals surface area (Å²) in [5, 5.41) is 8.68. The fourth-order valence-electron chi connectivity index (χ4n) is 1.57. The van der Waals surface area contributed by atoms with Gasteiger partial charge in [0.15, 0.2) is 0 Å². The van der Waals surface area contributed by atoms with Crippen LogP contribution < -0.4 is 10.9 Å². The summed E-state index contributed by atoms with van der Waals surface area (Å²) in [4.78, 5) is 22.7. The molecule has 1 amide bonds. The molecule has 17 heavy (non-hydrogen) atoms. The highest BCUT2D eigenvalue weighted by Gasteiger charge is 2.08. The smallest absolute Gasteiger partial charge is 0.272 e. The molecule has 1 aromatic heterocycles. The summed E-state index contributed by atoms with van der Waals surface area (Å²) in [5.74, 6) is -0.178. The molecule has 0 fully saturated rings. The van der Waals surface area contributed by atoms with Gasteiger partial charge in [0.05, 0.1) is 5.56 Å². The number of hydrogen-bond donors (Lipinski definition) is 2. The Balaban J connectivity index is 2.56. The number of nitrogens with one attached hydrogen (secondary N) is 2. The van der Waals surface area contributed by atoms with Crippen molar-refractivity contribution in [1.29, 1.82) is 0 Å². The van der Waals surface area contributed by atoms with Crippen molar-refractivity contribution in [3.05, 3.63) is 46.9 Å². The second-order valence-corrected chi connectivity index (χ2v) is 3.53. The fourth-order valence-corrected chi connectivity index (χ4v) is 1.57. The third-order valence-corrected chi connectivity index (χ3v) is 2.25. The molecule has 0 radical (unpaired) electrons. The number of rotatable bonds is 2. The average Bonchev–Trinajstić information content (AvgIpc) is 2.30. The highest BCUT2D eigenvalue weighted by molar-refractivity contribution is 5.93. The molecular formula is C12H11N3O2. The van der Waals surface area contributed by atoms with E-state index in [-0.39, 0.29) is 11.5 Å². The van der Waals surface area contributed by atoms with Gasteiger partial charge in [0, 0.05) is 24.4 Å². The van der Waals surface area contributed by atoms with E-state index < -0.39 is 0 Å². The summed E-state index contributed by atoms with van der Waals surface area (Å²) < 4.78 is 0. The molecule has 2 rings (SSSR count). The molecule has 0 aliphatic carbocycles. The summed E-state index contributed by atoms with van der Waals surface area (Å²) >= 11 is 0. The molecule has 2 N–H and O–H groups in total. The number of hydrogen-bond acceptors (Lipinski definition) is 3. The van der Waals surface area contributed by atoms with Crippen molar-refractivity contribution in [2.75, 3.05) is 5.32 Å². The van der Waals surface area contributed by atoms with E-state index in [1.165, 1.54) is 13.1 Å². The van der Waals surface area contributed by atoms with E-state index in [0.717, 1.165) is 0 Å². The van der Waals surface area contributed by atoms with Crippen LogP contribution in [0, 0.1) is 0 Å². The van der Waals surface area contributed by atoms with Gasteiger partial charge in [-0.05, 0) is 12.1 Å². The number of amides is 1. The third-order valence-electron chi connectivity index (χ3n) is 2.25. The summed E-state index contributed by atoms with van der Waals surface area (Å²) in [6.45, 7) is 1.42. The van der Waals surface area contributed by atoms with E-state index >= 15 is 0 Å². The van der Waals surface area contributed by atoms with Crippen LogP contribution >= 0.6 is 0 Å². The first kappa shape index (κ1) is 11.1. The summed E-state index contributed by atoms with van der Waals surface area (Å²) in [5.41, 5.74) is 1.47.